The molecule has 2 unspecified atom stereocenters. The van der Waals surface area contributed by atoms with E-state index in [1.807, 2.05) is 4.90 Å². The van der Waals surface area contributed by atoms with Crippen LogP contribution in [-0.2, 0) is 9.59 Å². The second-order valence-electron chi connectivity index (χ2n) is 5.90. The fourth-order valence-electron chi connectivity index (χ4n) is 2.95. The van der Waals surface area contributed by atoms with Gasteiger partial charge in [-0.2, -0.15) is 0 Å². The van der Waals surface area contributed by atoms with Crippen LogP contribution >= 0.6 is 0 Å². The summed E-state index contributed by atoms with van der Waals surface area (Å²) in [6.45, 7) is 5.82. The maximum atomic E-state index is 12.3. The van der Waals surface area contributed by atoms with Crippen LogP contribution in [0.25, 0.3) is 0 Å². The highest BCUT2D eigenvalue weighted by molar-refractivity contribution is 5.84. The van der Waals surface area contributed by atoms with E-state index in [0.717, 1.165) is 19.4 Å². The van der Waals surface area contributed by atoms with Crippen LogP contribution in [0, 0.1) is 11.8 Å². The van der Waals surface area contributed by atoms with Crippen molar-refractivity contribution in [2.45, 2.75) is 32.7 Å². The third kappa shape index (κ3) is 3.28. The second kappa shape index (κ2) is 6.32. The molecule has 2 saturated heterocycles. The molecule has 2 aliphatic heterocycles. The summed E-state index contributed by atoms with van der Waals surface area (Å²) in [6.07, 6.45) is 1.51. The molecule has 0 aromatic carbocycles. The maximum absolute atomic E-state index is 12.3. The molecule has 21 heavy (non-hydrogen) atoms. The predicted octanol–water partition coefficient (Wildman–Crippen LogP) is 0.359. The number of carboxylic acids is 1. The zero-order chi connectivity index (χ0) is 15.6. The molecule has 0 radical (unpaired) electrons. The van der Waals surface area contributed by atoms with Gasteiger partial charge in [0.2, 0.25) is 5.91 Å². The van der Waals surface area contributed by atoms with Crippen LogP contribution in [0.5, 0.6) is 0 Å². The van der Waals surface area contributed by atoms with E-state index in [1.54, 1.807) is 18.7 Å². The Hall–Kier alpha value is -1.79. The quantitative estimate of drug-likeness (QED) is 0.784. The van der Waals surface area contributed by atoms with Crippen molar-refractivity contribution in [3.8, 4) is 0 Å². The maximum Gasteiger partial charge on any atom is 0.317 e. The third-order valence-corrected chi connectivity index (χ3v) is 4.64. The van der Waals surface area contributed by atoms with Crippen molar-refractivity contribution in [2.24, 2.45) is 11.8 Å². The molecule has 2 fully saturated rings. The average molecular weight is 297 g/mol. The highest BCUT2D eigenvalue weighted by Gasteiger charge is 2.34. The molecule has 0 bridgehead atoms. The molecule has 2 N–H and O–H groups in total. The summed E-state index contributed by atoms with van der Waals surface area (Å²) in [7, 11) is 0. The van der Waals surface area contributed by atoms with E-state index in [-0.39, 0.29) is 18.0 Å². The summed E-state index contributed by atoms with van der Waals surface area (Å²) >= 11 is 0. The van der Waals surface area contributed by atoms with E-state index in [1.165, 1.54) is 0 Å². The zero-order valence-electron chi connectivity index (χ0n) is 12.5. The lowest BCUT2D eigenvalue weighted by molar-refractivity contribution is -0.149. The number of urea groups is 1. The van der Waals surface area contributed by atoms with Gasteiger partial charge >= 0.3 is 12.0 Å². The minimum absolute atomic E-state index is 0.0207. The number of hydrogen-bond acceptors (Lipinski definition) is 3. The van der Waals surface area contributed by atoms with E-state index in [9.17, 15) is 14.4 Å². The summed E-state index contributed by atoms with van der Waals surface area (Å²) in [5, 5.41) is 11.8. The van der Waals surface area contributed by atoms with Gasteiger partial charge in [-0.1, -0.05) is 13.8 Å². The minimum atomic E-state index is -0.945. The SMILES string of the molecule is CC(C(=O)O)C(C)C(=O)N1CCC(N2CCNC2=O)CC1. The molecule has 2 aliphatic rings. The Balaban J connectivity index is 1.87. The molecule has 2 heterocycles. The summed E-state index contributed by atoms with van der Waals surface area (Å²) in [6, 6.07) is 0.163. The van der Waals surface area contributed by atoms with Gasteiger partial charge in [0, 0.05) is 38.1 Å². The number of rotatable bonds is 4. The third-order valence-electron chi connectivity index (χ3n) is 4.64. The Morgan fingerprint density at radius 3 is 2.29 bits per heavy atom. The monoisotopic (exact) mass is 297 g/mol. The van der Waals surface area contributed by atoms with Crippen LogP contribution in [0.1, 0.15) is 26.7 Å². The molecule has 2 rings (SSSR count). The molecule has 2 atom stereocenters. The first-order chi connectivity index (χ1) is 9.91. The van der Waals surface area contributed by atoms with Crippen molar-refractivity contribution >= 4 is 17.9 Å². The molecule has 7 nitrogen and oxygen atoms in total. The fraction of sp³-hybridized carbons (Fsp3) is 0.786. The Bertz CT molecular complexity index is 432. The molecule has 0 saturated carbocycles. The van der Waals surface area contributed by atoms with Crippen LogP contribution in [0.4, 0.5) is 4.79 Å². The Labute approximate surface area is 124 Å². The number of carboxylic acid groups (broad SMARTS) is 1. The molecular formula is C14H23N3O4. The number of nitrogens with one attached hydrogen (secondary N) is 1. The Morgan fingerprint density at radius 2 is 1.81 bits per heavy atom. The lowest BCUT2D eigenvalue weighted by atomic mass is 9.93. The molecule has 0 aliphatic carbocycles. The number of carbonyl (C=O) groups excluding carboxylic acids is 2. The lowest BCUT2D eigenvalue weighted by Gasteiger charge is -2.37. The highest BCUT2D eigenvalue weighted by Crippen LogP contribution is 2.22. The second-order valence-corrected chi connectivity index (χ2v) is 5.90. The smallest absolute Gasteiger partial charge is 0.317 e. The van der Waals surface area contributed by atoms with E-state index < -0.39 is 17.8 Å². The Morgan fingerprint density at radius 1 is 1.19 bits per heavy atom. The van der Waals surface area contributed by atoms with Crippen LogP contribution in [-0.4, -0.2) is 65.0 Å². The van der Waals surface area contributed by atoms with Crippen LogP contribution < -0.4 is 5.32 Å². The van der Waals surface area contributed by atoms with Crippen molar-refractivity contribution < 1.29 is 19.5 Å². The van der Waals surface area contributed by atoms with Gasteiger partial charge in [-0.3, -0.25) is 9.59 Å². The molecule has 0 aromatic rings. The lowest BCUT2D eigenvalue weighted by Crippen LogP contribution is -2.49. The highest BCUT2D eigenvalue weighted by atomic mass is 16.4. The van der Waals surface area contributed by atoms with Crippen molar-refractivity contribution in [3.63, 3.8) is 0 Å². The normalized spacial score (nSPS) is 22.9. The van der Waals surface area contributed by atoms with Gasteiger partial charge < -0.3 is 20.2 Å². The van der Waals surface area contributed by atoms with E-state index in [0.29, 0.717) is 19.6 Å². The van der Waals surface area contributed by atoms with Gasteiger partial charge in [0.15, 0.2) is 0 Å². The first-order valence-electron chi connectivity index (χ1n) is 7.48. The average Bonchev–Trinajstić information content (AvgIpc) is 2.91. The molecular weight excluding hydrogens is 274 g/mol. The van der Waals surface area contributed by atoms with Gasteiger partial charge in [-0.15, -0.1) is 0 Å². The first-order valence-corrected chi connectivity index (χ1v) is 7.48. The zero-order valence-corrected chi connectivity index (χ0v) is 12.5. The van der Waals surface area contributed by atoms with Gasteiger partial charge in [0.1, 0.15) is 0 Å². The molecule has 0 aromatic heterocycles. The van der Waals surface area contributed by atoms with Gasteiger partial charge in [0.25, 0.3) is 0 Å². The number of aliphatic carboxylic acids is 1. The van der Waals surface area contributed by atoms with Gasteiger partial charge in [-0.05, 0) is 12.8 Å². The van der Waals surface area contributed by atoms with Crippen molar-refractivity contribution in [1.82, 2.24) is 15.1 Å². The van der Waals surface area contributed by atoms with Crippen molar-refractivity contribution in [1.29, 1.82) is 0 Å². The number of carbonyl (C=O) groups is 3. The molecule has 7 heteroatoms. The number of nitrogens with zero attached hydrogens (tertiary/aromatic N) is 2. The summed E-state index contributed by atoms with van der Waals surface area (Å²) in [5.41, 5.74) is 0. The predicted molar refractivity (Wildman–Crippen MR) is 75.7 cm³/mol. The Kier molecular flexibility index (Phi) is 4.69. The van der Waals surface area contributed by atoms with Crippen LogP contribution in [0.2, 0.25) is 0 Å². The minimum Gasteiger partial charge on any atom is -0.481 e. The molecule has 0 spiro atoms. The van der Waals surface area contributed by atoms with Crippen molar-refractivity contribution in [3.05, 3.63) is 0 Å². The van der Waals surface area contributed by atoms with Gasteiger partial charge in [0.05, 0.1) is 5.92 Å². The van der Waals surface area contributed by atoms with E-state index >= 15 is 0 Å². The fourth-order valence-corrected chi connectivity index (χ4v) is 2.95. The molecule has 118 valence electrons. The standard InChI is InChI=1S/C14H23N3O4/c1-9(10(2)13(19)20)12(18)16-6-3-11(4-7-16)17-8-5-15-14(17)21/h9-11H,3-8H2,1-2H3,(H,15,21)(H,19,20). The summed E-state index contributed by atoms with van der Waals surface area (Å²) < 4.78 is 0. The summed E-state index contributed by atoms with van der Waals surface area (Å²) in [4.78, 5) is 38.5. The number of amides is 3. The van der Waals surface area contributed by atoms with Crippen LogP contribution in [0.3, 0.4) is 0 Å². The summed E-state index contributed by atoms with van der Waals surface area (Å²) in [5.74, 6) is -2.25. The van der Waals surface area contributed by atoms with Crippen LogP contribution in [0.15, 0.2) is 0 Å². The topological polar surface area (TPSA) is 89.9 Å². The number of piperidine rings is 1. The van der Waals surface area contributed by atoms with E-state index in [4.69, 9.17) is 5.11 Å². The van der Waals surface area contributed by atoms with Gasteiger partial charge in [-0.25, -0.2) is 4.79 Å². The first kappa shape index (κ1) is 15.6. The number of hydrogen-bond donors (Lipinski definition) is 2. The largest absolute Gasteiger partial charge is 0.481 e. The molecule has 3 amide bonds. The van der Waals surface area contributed by atoms with E-state index in [2.05, 4.69) is 5.32 Å². The number of likely N-dealkylation sites (tertiary alicyclic amines) is 1. The van der Waals surface area contributed by atoms with Crippen molar-refractivity contribution in [2.75, 3.05) is 26.2 Å².